The highest BCUT2D eigenvalue weighted by atomic mass is 35.5. The minimum atomic E-state index is -0.203. The maximum Gasteiger partial charge on any atom is 0.234 e. The topological polar surface area (TPSA) is 64.9 Å². The van der Waals surface area contributed by atoms with Crippen molar-refractivity contribution in [2.45, 2.75) is 38.5 Å². The van der Waals surface area contributed by atoms with Crippen LogP contribution < -0.4 is 5.73 Å². The minimum absolute atomic E-state index is 0.203. The van der Waals surface area contributed by atoms with Gasteiger partial charge in [0.2, 0.25) is 5.89 Å². The third-order valence-corrected chi connectivity index (χ3v) is 4.19. The molecule has 0 bridgehead atoms. The van der Waals surface area contributed by atoms with Gasteiger partial charge in [-0.15, -0.1) is 0 Å². The van der Waals surface area contributed by atoms with Crippen LogP contribution in [0.1, 0.15) is 44.0 Å². The Hall–Kier alpha value is -1.39. The summed E-state index contributed by atoms with van der Waals surface area (Å²) in [7, 11) is 0. The van der Waals surface area contributed by atoms with Crippen LogP contribution in [0.5, 0.6) is 0 Å². The highest BCUT2D eigenvalue weighted by molar-refractivity contribution is 6.30. The zero-order valence-electron chi connectivity index (χ0n) is 11.9. The van der Waals surface area contributed by atoms with Crippen LogP contribution in [0.3, 0.4) is 0 Å². The van der Waals surface area contributed by atoms with Gasteiger partial charge in [0.1, 0.15) is 0 Å². The average molecular weight is 294 g/mol. The van der Waals surface area contributed by atoms with Gasteiger partial charge in [-0.3, -0.25) is 0 Å². The quantitative estimate of drug-likeness (QED) is 0.887. The fourth-order valence-electron chi connectivity index (χ4n) is 2.25. The maximum atomic E-state index is 5.90. The van der Waals surface area contributed by atoms with Crippen molar-refractivity contribution >= 4 is 11.6 Å². The standard InChI is InChI=1S/C15H20ClN3O/c1-3-15(4-2,10-17)14-18-13(19-20-14)9-11-5-7-12(16)8-6-11/h5-8H,3-4,9-10,17H2,1-2H3. The number of hydrogen-bond donors (Lipinski definition) is 1. The fourth-order valence-corrected chi connectivity index (χ4v) is 2.38. The van der Waals surface area contributed by atoms with Gasteiger partial charge in [0.25, 0.3) is 0 Å². The molecule has 0 aliphatic rings. The molecule has 1 heterocycles. The van der Waals surface area contributed by atoms with Gasteiger partial charge in [0.15, 0.2) is 5.82 Å². The lowest BCUT2D eigenvalue weighted by atomic mass is 9.82. The summed E-state index contributed by atoms with van der Waals surface area (Å²) in [5, 5.41) is 4.79. The molecule has 1 aromatic heterocycles. The smallest absolute Gasteiger partial charge is 0.234 e. The Labute approximate surface area is 124 Å². The van der Waals surface area contributed by atoms with E-state index in [1.165, 1.54) is 0 Å². The van der Waals surface area contributed by atoms with Crippen molar-refractivity contribution in [2.24, 2.45) is 5.73 Å². The molecular formula is C15H20ClN3O. The van der Waals surface area contributed by atoms with Crippen molar-refractivity contribution in [3.05, 3.63) is 46.6 Å². The summed E-state index contributed by atoms with van der Waals surface area (Å²) in [5.41, 5.74) is 6.80. The number of hydrogen-bond acceptors (Lipinski definition) is 4. The molecule has 0 radical (unpaired) electrons. The Morgan fingerprint density at radius 1 is 1.20 bits per heavy atom. The Balaban J connectivity index is 2.18. The molecule has 2 rings (SSSR count). The molecule has 2 aromatic rings. The van der Waals surface area contributed by atoms with Crippen LogP contribution >= 0.6 is 11.6 Å². The number of benzene rings is 1. The molecule has 0 fully saturated rings. The van der Waals surface area contributed by atoms with E-state index in [1.54, 1.807) is 0 Å². The second-order valence-electron chi connectivity index (χ2n) is 5.01. The molecule has 0 spiro atoms. The van der Waals surface area contributed by atoms with E-state index in [-0.39, 0.29) is 5.41 Å². The molecule has 108 valence electrons. The summed E-state index contributed by atoms with van der Waals surface area (Å²) in [6.07, 6.45) is 2.42. The lowest BCUT2D eigenvalue weighted by molar-refractivity contribution is 0.266. The van der Waals surface area contributed by atoms with Crippen LogP contribution in [0.2, 0.25) is 5.02 Å². The molecule has 0 amide bonds. The summed E-state index contributed by atoms with van der Waals surface area (Å²) in [4.78, 5) is 4.52. The highest BCUT2D eigenvalue weighted by Crippen LogP contribution is 2.29. The van der Waals surface area contributed by atoms with Crippen molar-refractivity contribution in [2.75, 3.05) is 6.54 Å². The SMILES string of the molecule is CCC(CC)(CN)c1nc(Cc2ccc(Cl)cc2)no1. The number of nitrogens with two attached hydrogens (primary N) is 1. The summed E-state index contributed by atoms with van der Waals surface area (Å²) < 4.78 is 5.43. The Morgan fingerprint density at radius 3 is 2.40 bits per heavy atom. The van der Waals surface area contributed by atoms with E-state index in [1.807, 2.05) is 24.3 Å². The zero-order chi connectivity index (χ0) is 14.6. The third kappa shape index (κ3) is 3.02. The van der Waals surface area contributed by atoms with Gasteiger partial charge < -0.3 is 10.3 Å². The largest absolute Gasteiger partial charge is 0.339 e. The van der Waals surface area contributed by atoms with Crippen molar-refractivity contribution in [1.29, 1.82) is 0 Å². The predicted molar refractivity (Wildman–Crippen MR) is 79.9 cm³/mol. The van der Waals surface area contributed by atoms with E-state index < -0.39 is 0 Å². The van der Waals surface area contributed by atoms with Gasteiger partial charge in [0, 0.05) is 18.0 Å². The number of rotatable bonds is 6. The normalized spacial score (nSPS) is 11.8. The fraction of sp³-hybridized carbons (Fsp3) is 0.467. The van der Waals surface area contributed by atoms with Gasteiger partial charge in [-0.2, -0.15) is 4.98 Å². The third-order valence-electron chi connectivity index (χ3n) is 3.94. The Kier molecular flexibility index (Phi) is 4.78. The number of halogens is 1. The second-order valence-corrected chi connectivity index (χ2v) is 5.45. The maximum absolute atomic E-state index is 5.90. The zero-order valence-corrected chi connectivity index (χ0v) is 12.7. The van der Waals surface area contributed by atoms with Gasteiger partial charge in [0.05, 0.1) is 5.41 Å². The van der Waals surface area contributed by atoms with Gasteiger partial charge >= 0.3 is 0 Å². The van der Waals surface area contributed by atoms with E-state index in [2.05, 4.69) is 24.0 Å². The van der Waals surface area contributed by atoms with E-state index in [9.17, 15) is 0 Å². The molecule has 0 unspecified atom stereocenters. The summed E-state index contributed by atoms with van der Waals surface area (Å²) in [6, 6.07) is 7.66. The predicted octanol–water partition coefficient (Wildman–Crippen LogP) is 3.33. The van der Waals surface area contributed by atoms with Crippen LogP contribution in [-0.4, -0.2) is 16.7 Å². The van der Waals surface area contributed by atoms with Crippen LogP contribution in [0.15, 0.2) is 28.8 Å². The molecule has 4 nitrogen and oxygen atoms in total. The molecule has 0 aliphatic carbocycles. The van der Waals surface area contributed by atoms with E-state index in [0.29, 0.717) is 24.7 Å². The Morgan fingerprint density at radius 2 is 1.85 bits per heavy atom. The minimum Gasteiger partial charge on any atom is -0.339 e. The van der Waals surface area contributed by atoms with Crippen molar-refractivity contribution in [1.82, 2.24) is 10.1 Å². The lowest BCUT2D eigenvalue weighted by Gasteiger charge is -2.24. The van der Waals surface area contributed by atoms with Gasteiger partial charge in [-0.25, -0.2) is 0 Å². The van der Waals surface area contributed by atoms with E-state index >= 15 is 0 Å². The summed E-state index contributed by atoms with van der Waals surface area (Å²) >= 11 is 5.87. The first-order valence-corrected chi connectivity index (χ1v) is 7.29. The number of aromatic nitrogens is 2. The van der Waals surface area contributed by atoms with E-state index in [0.717, 1.165) is 23.4 Å². The van der Waals surface area contributed by atoms with Crippen LogP contribution in [0.25, 0.3) is 0 Å². The van der Waals surface area contributed by atoms with Gasteiger partial charge in [-0.05, 0) is 30.5 Å². The van der Waals surface area contributed by atoms with Crippen molar-refractivity contribution in [3.8, 4) is 0 Å². The summed E-state index contributed by atoms with van der Waals surface area (Å²) in [5.74, 6) is 1.33. The molecule has 0 atom stereocenters. The molecule has 20 heavy (non-hydrogen) atoms. The molecule has 0 saturated heterocycles. The lowest BCUT2D eigenvalue weighted by Crippen LogP contribution is -2.34. The summed E-state index contributed by atoms with van der Waals surface area (Å²) in [6.45, 7) is 4.71. The first kappa shape index (κ1) is 15.0. The molecule has 0 aliphatic heterocycles. The highest BCUT2D eigenvalue weighted by Gasteiger charge is 2.33. The number of nitrogens with zero attached hydrogens (tertiary/aromatic N) is 2. The van der Waals surface area contributed by atoms with Crippen LogP contribution in [-0.2, 0) is 11.8 Å². The second kappa shape index (κ2) is 6.37. The molecule has 1 aromatic carbocycles. The van der Waals surface area contributed by atoms with Crippen molar-refractivity contribution in [3.63, 3.8) is 0 Å². The Bertz CT molecular complexity index is 538. The molecule has 0 saturated carbocycles. The first-order valence-electron chi connectivity index (χ1n) is 6.91. The van der Waals surface area contributed by atoms with E-state index in [4.69, 9.17) is 21.9 Å². The molecule has 5 heteroatoms. The molecular weight excluding hydrogens is 274 g/mol. The van der Waals surface area contributed by atoms with Gasteiger partial charge in [-0.1, -0.05) is 42.7 Å². The average Bonchev–Trinajstić information content (AvgIpc) is 2.93. The van der Waals surface area contributed by atoms with Crippen molar-refractivity contribution < 1.29 is 4.52 Å². The monoisotopic (exact) mass is 293 g/mol. The van der Waals surface area contributed by atoms with Crippen LogP contribution in [0, 0.1) is 0 Å². The van der Waals surface area contributed by atoms with Crippen LogP contribution in [0.4, 0.5) is 0 Å². The molecule has 2 N–H and O–H groups in total. The first-order chi connectivity index (χ1) is 9.63.